The first-order chi connectivity index (χ1) is 32.3. The first kappa shape index (κ1) is 57.2. The second-order valence-electron chi connectivity index (χ2n) is 20.5. The summed E-state index contributed by atoms with van der Waals surface area (Å²) in [5.41, 5.74) is 1.73. The van der Waals surface area contributed by atoms with Crippen LogP contribution in [-0.4, -0.2) is 134 Å². The Morgan fingerprint density at radius 2 is 1.57 bits per heavy atom. The van der Waals surface area contributed by atoms with Crippen LogP contribution in [0.4, 0.5) is 0 Å². The zero-order chi connectivity index (χ0) is 50.3. The van der Waals surface area contributed by atoms with Gasteiger partial charge < -0.3 is 43.5 Å². The van der Waals surface area contributed by atoms with Gasteiger partial charge in [-0.15, -0.1) is 0 Å². The second-order valence-corrected chi connectivity index (χ2v) is 20.5. The van der Waals surface area contributed by atoms with Crippen LogP contribution >= 0.6 is 0 Å². The van der Waals surface area contributed by atoms with Gasteiger partial charge >= 0.3 is 5.97 Å². The SMILES string of the molecule is COC1C[C@@H]2CC[C@@H](C)[C@@](O)(O2)C(=O)C(=O)N2CCCC[C@H]2C(=O)OC([C@H](C)C[C@@H]2CC[C@@H](OCCO)[C@H](OC)C2)CC(=O)[C@H](C)/C=C(\C)[C@@H](C)[C@@H](OC)C(=O)[C@H](C)C[C@H](C)/C=C/C=CC=C1C. The van der Waals surface area contributed by atoms with Crippen LogP contribution in [-0.2, 0) is 52.4 Å². The highest BCUT2D eigenvalue weighted by Crippen LogP contribution is 2.38. The number of methoxy groups -OCH3 is 3. The van der Waals surface area contributed by atoms with Crippen molar-refractivity contribution < 1.29 is 62.6 Å². The smallest absolute Gasteiger partial charge is 0.329 e. The number of aliphatic hydroxyl groups is 2. The van der Waals surface area contributed by atoms with Gasteiger partial charge in [0.05, 0.1) is 37.6 Å². The van der Waals surface area contributed by atoms with Crippen LogP contribution in [0, 0.1) is 41.4 Å². The van der Waals surface area contributed by atoms with E-state index in [0.717, 1.165) is 24.0 Å². The van der Waals surface area contributed by atoms with Crippen molar-refractivity contribution >= 4 is 29.2 Å². The van der Waals surface area contributed by atoms with Gasteiger partial charge in [0.15, 0.2) is 5.78 Å². The van der Waals surface area contributed by atoms with Crippen LogP contribution in [0.2, 0.25) is 0 Å². The minimum Gasteiger partial charge on any atom is -0.460 e. The van der Waals surface area contributed by atoms with E-state index in [9.17, 15) is 34.2 Å². The minimum absolute atomic E-state index is 0.00654. The summed E-state index contributed by atoms with van der Waals surface area (Å²) in [6.45, 7) is 15.5. The van der Waals surface area contributed by atoms with E-state index in [1.165, 1.54) is 12.0 Å². The quantitative estimate of drug-likeness (QED) is 0.132. The number of piperidine rings is 1. The highest BCUT2D eigenvalue weighted by atomic mass is 16.6. The van der Waals surface area contributed by atoms with Gasteiger partial charge in [-0.1, -0.05) is 83.6 Å². The maximum atomic E-state index is 14.5. The fourth-order valence-electron chi connectivity index (χ4n) is 10.7. The largest absolute Gasteiger partial charge is 0.460 e. The van der Waals surface area contributed by atoms with Crippen LogP contribution in [0.3, 0.4) is 0 Å². The summed E-state index contributed by atoms with van der Waals surface area (Å²) >= 11 is 0. The van der Waals surface area contributed by atoms with Gasteiger partial charge in [0.1, 0.15) is 24.0 Å². The van der Waals surface area contributed by atoms with Gasteiger partial charge in [-0.05, 0) is 101 Å². The van der Waals surface area contributed by atoms with Gasteiger partial charge in [0.2, 0.25) is 5.79 Å². The molecule has 68 heavy (non-hydrogen) atoms. The molecule has 2 saturated heterocycles. The lowest BCUT2D eigenvalue weighted by atomic mass is 9.78. The lowest BCUT2D eigenvalue weighted by Gasteiger charge is -2.42. The van der Waals surface area contributed by atoms with Crippen LogP contribution in [0.5, 0.6) is 0 Å². The van der Waals surface area contributed by atoms with Gasteiger partial charge in [-0.25, -0.2) is 4.79 Å². The van der Waals surface area contributed by atoms with E-state index in [2.05, 4.69) is 13.0 Å². The zero-order valence-electron chi connectivity index (χ0n) is 43.0. The number of aliphatic hydroxyl groups excluding tert-OH is 1. The molecule has 2 bridgehead atoms. The average molecular weight is 956 g/mol. The fraction of sp³-hybridized carbons (Fsp3) is 0.759. The van der Waals surface area contributed by atoms with E-state index < -0.39 is 65.7 Å². The third kappa shape index (κ3) is 15.3. The molecule has 2 unspecified atom stereocenters. The van der Waals surface area contributed by atoms with Crippen molar-refractivity contribution in [1.82, 2.24) is 4.90 Å². The summed E-state index contributed by atoms with van der Waals surface area (Å²) in [4.78, 5) is 72.5. The second kappa shape index (κ2) is 27.3. The van der Waals surface area contributed by atoms with Crippen LogP contribution in [0.25, 0.3) is 0 Å². The molecule has 384 valence electrons. The molecule has 3 fully saturated rings. The zero-order valence-corrected chi connectivity index (χ0v) is 43.0. The van der Waals surface area contributed by atoms with Crippen molar-refractivity contribution in [3.8, 4) is 0 Å². The fourth-order valence-corrected chi connectivity index (χ4v) is 10.7. The Labute approximate surface area is 406 Å². The Balaban J connectivity index is 1.70. The van der Waals surface area contributed by atoms with Gasteiger partial charge in [0, 0.05) is 64.4 Å². The van der Waals surface area contributed by atoms with E-state index in [-0.39, 0.29) is 86.0 Å². The molecule has 3 aliphatic heterocycles. The predicted octanol–water partition coefficient (Wildman–Crippen LogP) is 7.47. The first-order valence-electron chi connectivity index (χ1n) is 25.3. The van der Waals surface area contributed by atoms with Crippen LogP contribution in [0.15, 0.2) is 47.6 Å². The summed E-state index contributed by atoms with van der Waals surface area (Å²) < 4.78 is 35.9. The highest BCUT2D eigenvalue weighted by Gasteiger charge is 2.53. The van der Waals surface area contributed by atoms with Crippen molar-refractivity contribution in [3.05, 3.63) is 47.6 Å². The number of rotatable bonds is 9. The molecule has 0 aromatic rings. The summed E-state index contributed by atoms with van der Waals surface area (Å²) in [5.74, 6) is -7.32. The number of ketones is 3. The molecule has 4 rings (SSSR count). The topological polar surface area (TPSA) is 184 Å². The molecule has 0 spiro atoms. The molecule has 14 nitrogen and oxygen atoms in total. The number of Topliss-reactive ketones (excluding diaryl/α,β-unsaturated/α-hetero) is 3. The monoisotopic (exact) mass is 956 g/mol. The standard InChI is InChI=1S/C54H85NO13/c1-33-17-13-12-14-18-34(2)46(63-9)31-42-22-20-39(7)54(62,68-42)51(59)52(60)55-24-16-15-19-43(55)53(61)67-47(37(5)29-41-21-23-45(66-26-25-56)48(30-41)64-10)32-44(57)36(4)28-35(3)40(8)50(65-11)49(58)38(6)27-33/h12-14,17-18,28,33,36-43,45-48,50,56,62H,15-16,19-27,29-32H2,1-11H3/b14-12?,17-13+,34-18?,35-28+/t33-,36-,37-,38-,39-,40-,41+,42+,43+,45-,46?,47?,48-,50-,54-/m1/s1. The number of carbonyl (C=O) groups excluding carboxylic acids is 5. The van der Waals surface area contributed by atoms with Gasteiger partial charge in [-0.3, -0.25) is 19.2 Å². The number of carbonyl (C=O) groups is 5. The molecular weight excluding hydrogens is 871 g/mol. The normalized spacial score (nSPS) is 37.9. The van der Waals surface area contributed by atoms with E-state index in [1.807, 2.05) is 65.0 Å². The Hall–Kier alpha value is -3.37. The van der Waals surface area contributed by atoms with Crippen LogP contribution in [0.1, 0.15) is 132 Å². The van der Waals surface area contributed by atoms with Crippen molar-refractivity contribution in [2.75, 3.05) is 41.1 Å². The van der Waals surface area contributed by atoms with Crippen molar-refractivity contribution in [2.24, 2.45) is 41.4 Å². The Morgan fingerprint density at radius 3 is 2.25 bits per heavy atom. The van der Waals surface area contributed by atoms with E-state index >= 15 is 0 Å². The molecule has 14 heteroatoms. The predicted molar refractivity (Wildman–Crippen MR) is 259 cm³/mol. The lowest BCUT2D eigenvalue weighted by Crippen LogP contribution is -2.61. The highest BCUT2D eigenvalue weighted by molar-refractivity contribution is 6.39. The van der Waals surface area contributed by atoms with Crippen molar-refractivity contribution in [3.63, 3.8) is 0 Å². The Bertz CT molecular complexity index is 1810. The van der Waals surface area contributed by atoms with E-state index in [0.29, 0.717) is 51.4 Å². The molecule has 15 atom stereocenters. The third-order valence-corrected chi connectivity index (χ3v) is 15.3. The maximum Gasteiger partial charge on any atom is 0.329 e. The van der Waals surface area contributed by atoms with Gasteiger partial charge in [0.25, 0.3) is 11.7 Å². The molecule has 1 aliphatic carbocycles. The third-order valence-electron chi connectivity index (χ3n) is 15.3. The number of esters is 1. The minimum atomic E-state index is -2.42. The molecule has 1 amide bonds. The summed E-state index contributed by atoms with van der Waals surface area (Å²) in [6, 6.07) is -1.11. The molecule has 0 aromatic heterocycles. The lowest BCUT2D eigenvalue weighted by molar-refractivity contribution is -0.265. The van der Waals surface area contributed by atoms with E-state index in [1.54, 1.807) is 28.1 Å². The molecule has 0 radical (unpaired) electrons. The first-order valence-corrected chi connectivity index (χ1v) is 25.3. The van der Waals surface area contributed by atoms with Gasteiger partial charge in [-0.2, -0.15) is 0 Å². The summed E-state index contributed by atoms with van der Waals surface area (Å²) in [6.07, 6.45) is 14.8. The molecule has 1 saturated carbocycles. The maximum absolute atomic E-state index is 14.5. The Kier molecular flexibility index (Phi) is 23.0. The van der Waals surface area contributed by atoms with Crippen LogP contribution < -0.4 is 0 Å². The summed E-state index contributed by atoms with van der Waals surface area (Å²) in [5, 5.41) is 21.3. The number of allylic oxidation sites excluding steroid dienone is 6. The number of amides is 1. The van der Waals surface area contributed by atoms with E-state index in [4.69, 9.17) is 28.4 Å². The molecular formula is C54H85NO13. The van der Waals surface area contributed by atoms with Crippen molar-refractivity contribution in [2.45, 2.75) is 181 Å². The molecule has 2 N–H and O–H groups in total. The molecule has 3 heterocycles. The molecule has 0 aromatic carbocycles. The number of hydrogen-bond donors (Lipinski definition) is 2. The molecule has 4 aliphatic rings. The number of hydrogen-bond acceptors (Lipinski definition) is 13. The number of ether oxygens (including phenoxy) is 6. The summed E-state index contributed by atoms with van der Waals surface area (Å²) in [7, 11) is 4.78. The van der Waals surface area contributed by atoms with Crippen molar-refractivity contribution in [1.29, 1.82) is 0 Å². The Morgan fingerprint density at radius 1 is 0.838 bits per heavy atom. The number of nitrogens with zero attached hydrogens (tertiary/aromatic N) is 1. The number of cyclic esters (lactones) is 1. The average Bonchev–Trinajstić information content (AvgIpc) is 3.32. The number of fused-ring (bicyclic) bond motifs is 3.